The van der Waals surface area contributed by atoms with E-state index >= 15 is 0 Å². The van der Waals surface area contributed by atoms with E-state index in [0.29, 0.717) is 11.1 Å². The Kier molecular flexibility index (Phi) is 6.29. The largest absolute Gasteiger partial charge is 0.192 e. The summed E-state index contributed by atoms with van der Waals surface area (Å²) in [6.45, 7) is 0. The molecule has 0 radical (unpaired) electrons. The molecule has 0 N–H and O–H groups in total. The van der Waals surface area contributed by atoms with Crippen molar-refractivity contribution in [2.75, 3.05) is 0 Å². The quantitative estimate of drug-likeness (QED) is 0.258. The van der Waals surface area contributed by atoms with Gasteiger partial charge in [-0.15, -0.1) is 0 Å². The van der Waals surface area contributed by atoms with E-state index in [0.717, 1.165) is 32.1 Å². The summed E-state index contributed by atoms with van der Waals surface area (Å²) in [6, 6.07) is 40.3. The highest BCUT2D eigenvalue weighted by Crippen LogP contribution is 2.42. The van der Waals surface area contributed by atoms with Crippen LogP contribution in [0.1, 0.15) is 27.8 Å². The van der Waals surface area contributed by atoms with Crippen molar-refractivity contribution in [1.82, 2.24) is 0 Å². The van der Waals surface area contributed by atoms with Gasteiger partial charge >= 0.3 is 0 Å². The number of nitrogens with zero attached hydrogens (tertiary/aromatic N) is 2. The fourth-order valence-electron chi connectivity index (χ4n) is 3.30. The molecule has 0 heterocycles. The highest BCUT2D eigenvalue weighted by atomic mass is 32.2. The first-order chi connectivity index (χ1) is 15.3. The van der Waals surface area contributed by atoms with Crippen molar-refractivity contribution in [2.24, 2.45) is 0 Å². The fourth-order valence-corrected chi connectivity index (χ4v) is 4.40. The number of hydrogen-bond donors (Lipinski definition) is 0. The Balaban J connectivity index is 1.95. The summed E-state index contributed by atoms with van der Waals surface area (Å²) >= 11 is 1.67. The van der Waals surface area contributed by atoms with Crippen molar-refractivity contribution in [2.45, 2.75) is 4.90 Å². The molecule has 4 aromatic rings. The van der Waals surface area contributed by atoms with E-state index in [1.807, 2.05) is 84.9 Å². The van der Waals surface area contributed by atoms with Gasteiger partial charge < -0.3 is 0 Å². The Hall–Kier alpha value is -4.05. The van der Waals surface area contributed by atoms with E-state index in [9.17, 15) is 5.26 Å². The molecule has 31 heavy (non-hydrogen) atoms. The number of rotatable bonds is 5. The molecule has 0 bridgehead atoms. The van der Waals surface area contributed by atoms with Gasteiger partial charge in [-0.25, -0.2) is 0 Å². The van der Waals surface area contributed by atoms with E-state index in [-0.39, 0.29) is 0 Å². The smallest absolute Gasteiger partial charge is 0.0991 e. The molecule has 0 aliphatic heterocycles. The number of thioether (sulfide) groups is 1. The molecule has 0 spiro atoms. The summed E-state index contributed by atoms with van der Waals surface area (Å²) in [6.07, 6.45) is 0. The Labute approximate surface area is 186 Å². The van der Waals surface area contributed by atoms with Crippen LogP contribution in [0.25, 0.3) is 10.5 Å². The number of nitriles is 2. The molecule has 4 rings (SSSR count). The first-order valence-corrected chi connectivity index (χ1v) is 10.6. The first kappa shape index (κ1) is 20.2. The lowest BCUT2D eigenvalue weighted by Gasteiger charge is -2.17. The van der Waals surface area contributed by atoms with Crippen molar-refractivity contribution in [3.8, 4) is 12.1 Å². The van der Waals surface area contributed by atoms with E-state index in [1.54, 1.807) is 11.8 Å². The molecule has 0 aliphatic rings. The van der Waals surface area contributed by atoms with Crippen LogP contribution in [0, 0.1) is 22.7 Å². The third-order valence-corrected chi connectivity index (χ3v) is 5.98. The minimum Gasteiger partial charge on any atom is -0.192 e. The van der Waals surface area contributed by atoms with Crippen LogP contribution < -0.4 is 0 Å². The van der Waals surface area contributed by atoms with Gasteiger partial charge in [0.1, 0.15) is 0 Å². The van der Waals surface area contributed by atoms with E-state index in [4.69, 9.17) is 5.26 Å². The zero-order chi connectivity index (χ0) is 21.5. The molecule has 4 aromatic carbocycles. The predicted octanol–water partition coefficient (Wildman–Crippen LogP) is 7.14. The molecule has 3 heteroatoms. The maximum Gasteiger partial charge on any atom is 0.0991 e. The van der Waals surface area contributed by atoms with Crippen molar-refractivity contribution in [3.63, 3.8) is 0 Å². The van der Waals surface area contributed by atoms with Crippen molar-refractivity contribution >= 4 is 22.2 Å². The second-order valence-corrected chi connectivity index (χ2v) is 7.95. The molecular formula is C28H18N2S. The lowest BCUT2D eigenvalue weighted by molar-refractivity contribution is 1.42. The third kappa shape index (κ3) is 4.75. The van der Waals surface area contributed by atoms with Gasteiger partial charge in [0.05, 0.1) is 23.3 Å². The van der Waals surface area contributed by atoms with Crippen LogP contribution in [0.15, 0.2) is 114 Å². The van der Waals surface area contributed by atoms with Gasteiger partial charge in [0.15, 0.2) is 0 Å². The summed E-state index contributed by atoms with van der Waals surface area (Å²) in [4.78, 5) is 2.17. The maximum atomic E-state index is 9.22. The standard InChI is InChI=1S/C28H18N2S/c29-19-21-11-15-24(16-12-21)27(23-7-3-1-4-8-23)28(25-9-5-2-6-10-25)31-26-17-13-22(20-30)14-18-26/h1-18H/b28-27-. The third-order valence-electron chi connectivity index (χ3n) is 4.83. The molecule has 0 fully saturated rings. The van der Waals surface area contributed by atoms with Crippen LogP contribution >= 0.6 is 11.8 Å². The molecule has 0 unspecified atom stereocenters. The topological polar surface area (TPSA) is 47.6 Å². The molecule has 0 saturated heterocycles. The van der Waals surface area contributed by atoms with E-state index < -0.39 is 0 Å². The number of hydrogen-bond acceptors (Lipinski definition) is 3. The average molecular weight is 415 g/mol. The summed E-state index contributed by atoms with van der Waals surface area (Å²) in [7, 11) is 0. The van der Waals surface area contributed by atoms with Crippen LogP contribution in [-0.4, -0.2) is 0 Å². The zero-order valence-electron chi connectivity index (χ0n) is 16.7. The minimum absolute atomic E-state index is 0.636. The van der Waals surface area contributed by atoms with Gasteiger partial charge in [0, 0.05) is 15.4 Å². The highest BCUT2D eigenvalue weighted by molar-refractivity contribution is 8.08. The van der Waals surface area contributed by atoms with Crippen LogP contribution in [-0.2, 0) is 0 Å². The molecular weight excluding hydrogens is 396 g/mol. The summed E-state index contributed by atoms with van der Waals surface area (Å²) in [5, 5.41) is 18.3. The van der Waals surface area contributed by atoms with E-state index in [2.05, 4.69) is 36.4 Å². The molecule has 0 amide bonds. The Bertz CT molecular complexity index is 1280. The predicted molar refractivity (Wildman–Crippen MR) is 127 cm³/mol. The number of benzene rings is 4. The van der Waals surface area contributed by atoms with Crippen LogP contribution in [0.4, 0.5) is 0 Å². The zero-order valence-corrected chi connectivity index (χ0v) is 17.5. The maximum absolute atomic E-state index is 9.22. The summed E-state index contributed by atoms with van der Waals surface area (Å²) in [5.74, 6) is 0. The van der Waals surface area contributed by atoms with Crippen molar-refractivity contribution < 1.29 is 0 Å². The molecule has 0 aliphatic carbocycles. The SMILES string of the molecule is N#Cc1ccc(S/C(=C(/c2ccccc2)c2ccc(C#N)cc2)c2ccccc2)cc1. The lowest BCUT2D eigenvalue weighted by Crippen LogP contribution is -1.94. The minimum atomic E-state index is 0.636. The normalized spacial score (nSPS) is 11.2. The van der Waals surface area contributed by atoms with Crippen molar-refractivity contribution in [3.05, 3.63) is 137 Å². The van der Waals surface area contributed by atoms with Crippen molar-refractivity contribution in [1.29, 1.82) is 10.5 Å². The Morgan fingerprint density at radius 2 is 0.968 bits per heavy atom. The monoisotopic (exact) mass is 414 g/mol. The summed E-state index contributed by atoms with van der Waals surface area (Å²) < 4.78 is 0. The van der Waals surface area contributed by atoms with Gasteiger partial charge in [0.25, 0.3) is 0 Å². The Morgan fingerprint density at radius 1 is 0.516 bits per heavy atom. The first-order valence-electron chi connectivity index (χ1n) is 9.82. The van der Waals surface area contributed by atoms with Gasteiger partial charge in [-0.1, -0.05) is 84.6 Å². The second-order valence-electron chi connectivity index (χ2n) is 6.86. The van der Waals surface area contributed by atoms with Crippen LogP contribution in [0.3, 0.4) is 0 Å². The van der Waals surface area contributed by atoms with Crippen LogP contribution in [0.2, 0.25) is 0 Å². The van der Waals surface area contributed by atoms with Gasteiger partial charge in [0.2, 0.25) is 0 Å². The highest BCUT2D eigenvalue weighted by Gasteiger charge is 2.16. The molecule has 146 valence electrons. The summed E-state index contributed by atoms with van der Waals surface area (Å²) in [5.41, 5.74) is 5.64. The Morgan fingerprint density at radius 3 is 1.48 bits per heavy atom. The molecule has 0 saturated carbocycles. The molecule has 2 nitrogen and oxygen atoms in total. The van der Waals surface area contributed by atoms with Gasteiger partial charge in [-0.05, 0) is 53.1 Å². The molecule has 0 aromatic heterocycles. The second kappa shape index (κ2) is 9.63. The average Bonchev–Trinajstić information content (AvgIpc) is 2.85. The van der Waals surface area contributed by atoms with Crippen LogP contribution in [0.5, 0.6) is 0 Å². The molecule has 0 atom stereocenters. The van der Waals surface area contributed by atoms with Gasteiger partial charge in [-0.2, -0.15) is 10.5 Å². The fraction of sp³-hybridized carbons (Fsp3) is 0. The lowest BCUT2D eigenvalue weighted by atomic mass is 9.95. The van der Waals surface area contributed by atoms with Gasteiger partial charge in [-0.3, -0.25) is 0 Å². The van der Waals surface area contributed by atoms with E-state index in [1.165, 1.54) is 0 Å².